The Labute approximate surface area is 144 Å². The highest BCUT2D eigenvalue weighted by Gasteiger charge is 2.40. The quantitative estimate of drug-likeness (QED) is 0.889. The Balaban J connectivity index is 0.00000192. The monoisotopic (exact) mass is 342 g/mol. The van der Waals surface area contributed by atoms with Crippen LogP contribution in [0.5, 0.6) is 17.2 Å². The van der Waals surface area contributed by atoms with E-state index in [1.807, 2.05) is 12.1 Å². The number of likely N-dealkylation sites (tertiary alicyclic amines) is 1. The Hall–Kier alpha value is -1.17. The third-order valence-corrected chi connectivity index (χ3v) is 5.12. The molecular formula is C17H27ClN2O3. The fourth-order valence-corrected chi connectivity index (χ4v) is 4.01. The molecule has 0 aromatic heterocycles. The van der Waals surface area contributed by atoms with Gasteiger partial charge in [-0.3, -0.25) is 4.90 Å². The lowest BCUT2D eigenvalue weighted by atomic mass is 9.98. The summed E-state index contributed by atoms with van der Waals surface area (Å²) in [7, 11) is 4.93. The third kappa shape index (κ3) is 3.52. The molecule has 2 fully saturated rings. The molecule has 130 valence electrons. The van der Waals surface area contributed by atoms with E-state index in [0.29, 0.717) is 29.2 Å². The fraction of sp³-hybridized carbons (Fsp3) is 0.647. The van der Waals surface area contributed by atoms with Gasteiger partial charge in [0.25, 0.3) is 0 Å². The van der Waals surface area contributed by atoms with Crippen LogP contribution in [0.1, 0.15) is 18.4 Å². The zero-order chi connectivity index (χ0) is 15.7. The van der Waals surface area contributed by atoms with E-state index in [-0.39, 0.29) is 12.4 Å². The van der Waals surface area contributed by atoms with Gasteiger partial charge in [-0.05, 0) is 42.4 Å². The smallest absolute Gasteiger partial charge is 0.203 e. The summed E-state index contributed by atoms with van der Waals surface area (Å²) in [4.78, 5) is 2.50. The van der Waals surface area contributed by atoms with Gasteiger partial charge >= 0.3 is 0 Å². The number of ether oxygens (including phenoxy) is 3. The maximum Gasteiger partial charge on any atom is 0.203 e. The topological polar surface area (TPSA) is 57.0 Å². The fourth-order valence-electron chi connectivity index (χ4n) is 4.01. The molecule has 2 N–H and O–H groups in total. The molecule has 3 unspecified atom stereocenters. The van der Waals surface area contributed by atoms with Crippen molar-refractivity contribution < 1.29 is 14.2 Å². The van der Waals surface area contributed by atoms with Gasteiger partial charge < -0.3 is 19.9 Å². The van der Waals surface area contributed by atoms with E-state index in [9.17, 15) is 0 Å². The van der Waals surface area contributed by atoms with Crippen LogP contribution in [0.15, 0.2) is 12.1 Å². The lowest BCUT2D eigenvalue weighted by Gasteiger charge is -2.20. The van der Waals surface area contributed by atoms with E-state index >= 15 is 0 Å². The Bertz CT molecular complexity index is 516. The van der Waals surface area contributed by atoms with Crippen molar-refractivity contribution in [3.63, 3.8) is 0 Å². The Morgan fingerprint density at radius 2 is 1.70 bits per heavy atom. The van der Waals surface area contributed by atoms with E-state index in [1.54, 1.807) is 21.3 Å². The summed E-state index contributed by atoms with van der Waals surface area (Å²) in [5.41, 5.74) is 7.40. The van der Waals surface area contributed by atoms with Crippen LogP contribution in [0, 0.1) is 11.8 Å². The van der Waals surface area contributed by atoms with Crippen molar-refractivity contribution in [2.75, 3.05) is 34.4 Å². The SMILES string of the molecule is COc1cc(CN2CC3CCC(N)C3C2)cc(OC)c1OC.Cl. The minimum Gasteiger partial charge on any atom is -0.493 e. The highest BCUT2D eigenvalue weighted by molar-refractivity contribution is 5.85. The number of nitrogens with two attached hydrogens (primary N) is 1. The molecule has 1 aliphatic carbocycles. The van der Waals surface area contributed by atoms with Gasteiger partial charge in [0.05, 0.1) is 21.3 Å². The van der Waals surface area contributed by atoms with Crippen LogP contribution in [0.2, 0.25) is 0 Å². The maximum absolute atomic E-state index is 6.22. The number of halogens is 1. The van der Waals surface area contributed by atoms with Crippen molar-refractivity contribution in [3.05, 3.63) is 17.7 Å². The van der Waals surface area contributed by atoms with Crippen LogP contribution in [0.25, 0.3) is 0 Å². The minimum atomic E-state index is 0. The Morgan fingerprint density at radius 1 is 1.04 bits per heavy atom. The molecule has 23 heavy (non-hydrogen) atoms. The molecule has 1 aromatic rings. The molecule has 1 heterocycles. The average Bonchev–Trinajstić information content (AvgIpc) is 3.08. The summed E-state index contributed by atoms with van der Waals surface area (Å²) in [6.07, 6.45) is 2.46. The first-order valence-corrected chi connectivity index (χ1v) is 7.93. The molecule has 1 aliphatic heterocycles. The normalized spacial score (nSPS) is 26.5. The van der Waals surface area contributed by atoms with Crippen molar-refractivity contribution in [2.45, 2.75) is 25.4 Å². The lowest BCUT2D eigenvalue weighted by molar-refractivity contribution is 0.293. The summed E-state index contributed by atoms with van der Waals surface area (Å²) in [6, 6.07) is 4.46. The van der Waals surface area contributed by atoms with Gasteiger partial charge in [-0.25, -0.2) is 0 Å². The molecule has 0 spiro atoms. The summed E-state index contributed by atoms with van der Waals surface area (Å²) < 4.78 is 16.2. The van der Waals surface area contributed by atoms with Gasteiger partial charge in [-0.2, -0.15) is 0 Å². The van der Waals surface area contributed by atoms with Crippen molar-refractivity contribution in [1.82, 2.24) is 4.90 Å². The molecule has 3 atom stereocenters. The second-order valence-electron chi connectivity index (χ2n) is 6.39. The van der Waals surface area contributed by atoms with E-state index < -0.39 is 0 Å². The Morgan fingerprint density at radius 3 is 2.22 bits per heavy atom. The second kappa shape index (κ2) is 7.60. The maximum atomic E-state index is 6.22. The molecule has 6 heteroatoms. The standard InChI is InChI=1S/C17H26N2O3.ClH/c1-20-15-6-11(7-16(21-2)17(15)22-3)8-19-9-12-4-5-14(18)13(12)10-19;/h6-7,12-14H,4-5,8-10,18H2,1-3H3;1H. The summed E-state index contributed by atoms with van der Waals surface area (Å²) in [6.45, 7) is 3.15. The largest absolute Gasteiger partial charge is 0.493 e. The zero-order valence-electron chi connectivity index (χ0n) is 14.1. The molecule has 3 rings (SSSR count). The number of fused-ring (bicyclic) bond motifs is 1. The molecule has 1 aromatic carbocycles. The molecule has 2 aliphatic rings. The van der Waals surface area contributed by atoms with Crippen LogP contribution < -0.4 is 19.9 Å². The summed E-state index contributed by atoms with van der Waals surface area (Å²) in [5, 5.41) is 0. The average molecular weight is 343 g/mol. The van der Waals surface area contributed by atoms with Crippen molar-refractivity contribution in [2.24, 2.45) is 17.6 Å². The van der Waals surface area contributed by atoms with Crippen molar-refractivity contribution >= 4 is 12.4 Å². The number of hydrogen-bond acceptors (Lipinski definition) is 5. The molecule has 0 radical (unpaired) electrons. The highest BCUT2D eigenvalue weighted by Crippen LogP contribution is 2.40. The van der Waals surface area contributed by atoms with Crippen LogP contribution >= 0.6 is 12.4 Å². The summed E-state index contributed by atoms with van der Waals surface area (Å²) in [5.74, 6) is 3.52. The number of hydrogen-bond donors (Lipinski definition) is 1. The van der Waals surface area contributed by atoms with Gasteiger partial charge in [0, 0.05) is 25.7 Å². The van der Waals surface area contributed by atoms with Crippen LogP contribution in [0.4, 0.5) is 0 Å². The molecule has 5 nitrogen and oxygen atoms in total. The predicted octanol–water partition coefficient (Wildman–Crippen LogP) is 2.30. The number of rotatable bonds is 5. The zero-order valence-corrected chi connectivity index (χ0v) is 14.9. The van der Waals surface area contributed by atoms with Gasteiger partial charge in [-0.15, -0.1) is 12.4 Å². The van der Waals surface area contributed by atoms with Crippen molar-refractivity contribution in [3.8, 4) is 17.2 Å². The molecule has 1 saturated carbocycles. The number of methoxy groups -OCH3 is 3. The number of benzene rings is 1. The molecular weight excluding hydrogens is 316 g/mol. The van der Waals surface area contributed by atoms with E-state index in [0.717, 1.165) is 25.6 Å². The van der Waals surface area contributed by atoms with E-state index in [4.69, 9.17) is 19.9 Å². The van der Waals surface area contributed by atoms with Crippen LogP contribution in [-0.4, -0.2) is 45.4 Å². The second-order valence-corrected chi connectivity index (χ2v) is 6.39. The highest BCUT2D eigenvalue weighted by atomic mass is 35.5. The van der Waals surface area contributed by atoms with E-state index in [2.05, 4.69) is 4.90 Å². The van der Waals surface area contributed by atoms with Crippen molar-refractivity contribution in [1.29, 1.82) is 0 Å². The minimum absolute atomic E-state index is 0. The Kier molecular flexibility index (Phi) is 6.00. The summed E-state index contributed by atoms with van der Waals surface area (Å²) >= 11 is 0. The first-order chi connectivity index (χ1) is 10.7. The van der Waals surface area contributed by atoms with Crippen LogP contribution in [0.3, 0.4) is 0 Å². The van der Waals surface area contributed by atoms with Gasteiger partial charge in [-0.1, -0.05) is 0 Å². The first-order valence-electron chi connectivity index (χ1n) is 7.93. The van der Waals surface area contributed by atoms with E-state index in [1.165, 1.54) is 18.4 Å². The molecule has 0 amide bonds. The predicted molar refractivity (Wildman–Crippen MR) is 92.8 cm³/mol. The van der Waals surface area contributed by atoms with Crippen LogP contribution in [-0.2, 0) is 6.54 Å². The third-order valence-electron chi connectivity index (χ3n) is 5.12. The molecule has 1 saturated heterocycles. The first kappa shape index (κ1) is 18.2. The molecule has 0 bridgehead atoms. The number of nitrogens with zero attached hydrogens (tertiary/aromatic N) is 1. The van der Waals surface area contributed by atoms with Gasteiger partial charge in [0.1, 0.15) is 0 Å². The van der Waals surface area contributed by atoms with Gasteiger partial charge in [0.2, 0.25) is 5.75 Å². The lowest BCUT2D eigenvalue weighted by Crippen LogP contribution is -2.30. The van der Waals surface area contributed by atoms with Gasteiger partial charge in [0.15, 0.2) is 11.5 Å².